The van der Waals surface area contributed by atoms with Crippen LogP contribution in [0.25, 0.3) is 11.3 Å². The number of ether oxygens (including phenoxy) is 1. The molecular weight excluding hydrogens is 459 g/mol. The molecule has 0 fully saturated rings. The number of carbonyl (C=O) groups excluding carboxylic acids is 1. The Morgan fingerprint density at radius 3 is 2.53 bits per heavy atom. The summed E-state index contributed by atoms with van der Waals surface area (Å²) in [6.45, 7) is 0.230. The van der Waals surface area contributed by atoms with Gasteiger partial charge in [0.2, 0.25) is 0 Å². The number of anilines is 2. The molecule has 10 heteroatoms. The SMILES string of the molecule is NCc1ccc(F)c(NC(=O)Nc2ccc(Oc3ccnc(-c4csc(C(=O)O)c4)c3)cc2)c1. The van der Waals surface area contributed by atoms with Crippen molar-refractivity contribution in [3.63, 3.8) is 0 Å². The summed E-state index contributed by atoms with van der Waals surface area (Å²) < 4.78 is 19.8. The summed E-state index contributed by atoms with van der Waals surface area (Å²) in [5.41, 5.74) is 8.04. The Morgan fingerprint density at radius 1 is 1.03 bits per heavy atom. The average molecular weight is 479 g/mol. The topological polar surface area (TPSA) is 127 Å². The van der Waals surface area contributed by atoms with Gasteiger partial charge in [-0.1, -0.05) is 6.07 Å². The molecule has 2 aromatic heterocycles. The van der Waals surface area contributed by atoms with Crippen LogP contribution in [0.3, 0.4) is 0 Å². The van der Waals surface area contributed by atoms with Crippen LogP contribution in [0.2, 0.25) is 0 Å². The van der Waals surface area contributed by atoms with Crippen molar-refractivity contribution in [1.82, 2.24) is 4.98 Å². The molecular formula is C24H19FN4O4S. The van der Waals surface area contributed by atoms with Gasteiger partial charge in [-0.2, -0.15) is 0 Å². The Kier molecular flexibility index (Phi) is 6.81. The molecule has 0 aliphatic heterocycles. The number of thiophene rings is 1. The smallest absolute Gasteiger partial charge is 0.345 e. The van der Waals surface area contributed by atoms with Crippen LogP contribution in [0.5, 0.6) is 11.5 Å². The van der Waals surface area contributed by atoms with E-state index in [0.29, 0.717) is 34.0 Å². The molecule has 5 N–H and O–H groups in total. The van der Waals surface area contributed by atoms with E-state index in [9.17, 15) is 14.0 Å². The first kappa shape index (κ1) is 22.9. The number of aromatic carboxylic acids is 1. The van der Waals surface area contributed by atoms with Crippen molar-refractivity contribution >= 4 is 34.7 Å². The standard InChI is InChI=1S/C24H19FN4O4S/c25-19-6-1-14(12-26)9-21(19)29-24(32)28-16-2-4-17(5-3-16)33-18-7-8-27-20(11-18)15-10-22(23(30)31)34-13-15/h1-11,13H,12,26H2,(H,30,31)(H2,28,29,32). The largest absolute Gasteiger partial charge is 0.477 e. The van der Waals surface area contributed by atoms with Crippen molar-refractivity contribution in [3.05, 3.63) is 88.5 Å². The third-order valence-electron chi connectivity index (χ3n) is 4.70. The number of urea groups is 1. The highest BCUT2D eigenvalue weighted by molar-refractivity contribution is 7.12. The molecule has 0 aliphatic rings. The van der Waals surface area contributed by atoms with Gasteiger partial charge in [-0.3, -0.25) is 4.98 Å². The van der Waals surface area contributed by atoms with Gasteiger partial charge in [0, 0.05) is 35.4 Å². The zero-order chi connectivity index (χ0) is 24.1. The number of hydrogen-bond donors (Lipinski definition) is 4. The molecule has 0 saturated heterocycles. The third kappa shape index (κ3) is 5.55. The van der Waals surface area contributed by atoms with E-state index in [4.69, 9.17) is 15.6 Å². The van der Waals surface area contributed by atoms with Gasteiger partial charge in [-0.25, -0.2) is 14.0 Å². The number of halogens is 1. The molecule has 2 amide bonds. The van der Waals surface area contributed by atoms with Crippen LogP contribution in [0.4, 0.5) is 20.6 Å². The van der Waals surface area contributed by atoms with E-state index in [2.05, 4.69) is 15.6 Å². The Labute approximate surface area is 197 Å². The highest BCUT2D eigenvalue weighted by Crippen LogP contribution is 2.29. The lowest BCUT2D eigenvalue weighted by molar-refractivity contribution is 0.0702. The van der Waals surface area contributed by atoms with E-state index in [0.717, 1.165) is 11.3 Å². The second-order valence-corrected chi connectivity index (χ2v) is 8.02. The fourth-order valence-electron chi connectivity index (χ4n) is 3.04. The number of benzene rings is 2. The van der Waals surface area contributed by atoms with Crippen molar-refractivity contribution in [3.8, 4) is 22.8 Å². The molecule has 8 nitrogen and oxygen atoms in total. The maximum atomic E-state index is 13.9. The molecule has 0 radical (unpaired) electrons. The van der Waals surface area contributed by atoms with E-state index in [1.54, 1.807) is 60.1 Å². The molecule has 172 valence electrons. The van der Waals surface area contributed by atoms with Crippen molar-refractivity contribution < 1.29 is 23.8 Å². The highest BCUT2D eigenvalue weighted by Gasteiger charge is 2.11. The molecule has 0 bridgehead atoms. The fourth-order valence-corrected chi connectivity index (χ4v) is 3.78. The molecule has 34 heavy (non-hydrogen) atoms. The van der Waals surface area contributed by atoms with Gasteiger partial charge in [0.05, 0.1) is 11.4 Å². The van der Waals surface area contributed by atoms with E-state index in [1.807, 2.05) is 0 Å². The normalized spacial score (nSPS) is 10.5. The molecule has 0 saturated carbocycles. The van der Waals surface area contributed by atoms with Gasteiger partial charge in [-0.15, -0.1) is 11.3 Å². The van der Waals surface area contributed by atoms with E-state index in [1.165, 1.54) is 12.1 Å². The van der Waals surface area contributed by atoms with Crippen molar-refractivity contribution in [2.45, 2.75) is 6.54 Å². The Hall–Kier alpha value is -4.28. The molecule has 4 rings (SSSR count). The minimum absolute atomic E-state index is 0.0370. The Balaban J connectivity index is 1.39. The lowest BCUT2D eigenvalue weighted by atomic mass is 10.2. The van der Waals surface area contributed by atoms with Crippen LogP contribution < -0.4 is 21.1 Å². The lowest BCUT2D eigenvalue weighted by Gasteiger charge is -2.11. The molecule has 2 aromatic carbocycles. The third-order valence-corrected chi connectivity index (χ3v) is 5.62. The van der Waals surface area contributed by atoms with E-state index >= 15 is 0 Å². The summed E-state index contributed by atoms with van der Waals surface area (Å²) in [7, 11) is 0. The van der Waals surface area contributed by atoms with Crippen molar-refractivity contribution in [2.75, 3.05) is 10.6 Å². The summed E-state index contributed by atoms with van der Waals surface area (Å²) in [5.74, 6) is -0.516. The van der Waals surface area contributed by atoms with E-state index < -0.39 is 17.8 Å². The maximum absolute atomic E-state index is 13.9. The number of rotatable bonds is 7. The minimum Gasteiger partial charge on any atom is -0.477 e. The molecule has 0 unspecified atom stereocenters. The number of nitrogens with one attached hydrogen (secondary N) is 2. The quantitative estimate of drug-likeness (QED) is 0.276. The molecule has 2 heterocycles. The predicted octanol–water partition coefficient (Wildman–Crippen LogP) is 5.54. The monoisotopic (exact) mass is 478 g/mol. The summed E-state index contributed by atoms with van der Waals surface area (Å²) in [4.78, 5) is 27.8. The number of hydrogen-bond acceptors (Lipinski definition) is 6. The first-order chi connectivity index (χ1) is 16.4. The first-order valence-electron chi connectivity index (χ1n) is 10.0. The zero-order valence-corrected chi connectivity index (χ0v) is 18.4. The van der Waals surface area contributed by atoms with Gasteiger partial charge in [0.1, 0.15) is 22.2 Å². The number of carboxylic acid groups (broad SMARTS) is 1. The molecule has 0 aliphatic carbocycles. The summed E-state index contributed by atoms with van der Waals surface area (Å²) in [6.07, 6.45) is 1.57. The number of carbonyl (C=O) groups is 2. The van der Waals surface area contributed by atoms with Gasteiger partial charge in [-0.05, 0) is 54.1 Å². The highest BCUT2D eigenvalue weighted by atomic mass is 32.1. The van der Waals surface area contributed by atoms with Crippen molar-refractivity contribution in [1.29, 1.82) is 0 Å². The molecule has 4 aromatic rings. The zero-order valence-electron chi connectivity index (χ0n) is 17.6. The number of nitrogens with two attached hydrogens (primary N) is 1. The first-order valence-corrected chi connectivity index (χ1v) is 10.9. The van der Waals surface area contributed by atoms with Gasteiger partial charge >= 0.3 is 12.0 Å². The lowest BCUT2D eigenvalue weighted by Crippen LogP contribution is -2.20. The average Bonchev–Trinajstić information content (AvgIpc) is 3.33. The molecule has 0 atom stereocenters. The van der Waals surface area contributed by atoms with Gasteiger partial charge in [0.25, 0.3) is 0 Å². The Morgan fingerprint density at radius 2 is 1.82 bits per heavy atom. The van der Waals surface area contributed by atoms with E-state index in [-0.39, 0.29) is 17.1 Å². The fraction of sp³-hybridized carbons (Fsp3) is 0.0417. The van der Waals surface area contributed by atoms with Crippen LogP contribution in [-0.4, -0.2) is 22.1 Å². The number of nitrogens with zero attached hydrogens (tertiary/aromatic N) is 1. The van der Waals surface area contributed by atoms with Gasteiger partial charge in [0.15, 0.2) is 0 Å². The summed E-state index contributed by atoms with van der Waals surface area (Å²) in [6, 6.07) is 15.2. The van der Waals surface area contributed by atoms with Crippen LogP contribution in [0.15, 0.2) is 72.2 Å². The van der Waals surface area contributed by atoms with Crippen LogP contribution in [0.1, 0.15) is 15.2 Å². The molecule has 0 spiro atoms. The second kappa shape index (κ2) is 10.1. The van der Waals surface area contributed by atoms with Crippen LogP contribution in [0, 0.1) is 5.82 Å². The predicted molar refractivity (Wildman–Crippen MR) is 128 cm³/mol. The summed E-state index contributed by atoms with van der Waals surface area (Å²) in [5, 5.41) is 15.9. The van der Waals surface area contributed by atoms with Gasteiger partial charge < -0.3 is 26.2 Å². The van der Waals surface area contributed by atoms with Crippen LogP contribution >= 0.6 is 11.3 Å². The number of aromatic nitrogens is 1. The maximum Gasteiger partial charge on any atom is 0.345 e. The Bertz CT molecular complexity index is 1340. The number of carboxylic acids is 1. The van der Waals surface area contributed by atoms with Crippen LogP contribution in [-0.2, 0) is 6.54 Å². The number of amides is 2. The summed E-state index contributed by atoms with van der Waals surface area (Å²) >= 11 is 1.13. The van der Waals surface area contributed by atoms with Crippen molar-refractivity contribution in [2.24, 2.45) is 5.73 Å². The number of pyridine rings is 1. The second-order valence-electron chi connectivity index (χ2n) is 7.11. The minimum atomic E-state index is -0.986.